The fourth-order valence-electron chi connectivity index (χ4n) is 1.61. The number of aromatic nitrogens is 1. The summed E-state index contributed by atoms with van der Waals surface area (Å²) in [4.78, 5) is 4.52. The van der Waals surface area contributed by atoms with E-state index in [1.54, 1.807) is 0 Å². The van der Waals surface area contributed by atoms with Crippen LogP contribution in [0.1, 0.15) is 60.2 Å². The molecule has 1 heterocycles. The molecule has 0 amide bonds. The Morgan fingerprint density at radius 2 is 1.47 bits per heavy atom. The van der Waals surface area contributed by atoms with Gasteiger partial charge in [-0.05, 0) is 17.0 Å². The van der Waals surface area contributed by atoms with E-state index in [-0.39, 0.29) is 18.3 Å². The molecule has 0 bridgehead atoms. The first-order valence-corrected chi connectivity index (χ1v) is 5.19. The van der Waals surface area contributed by atoms with E-state index in [2.05, 4.69) is 52.6 Å². The van der Waals surface area contributed by atoms with Crippen LogP contribution in [0.3, 0.4) is 0 Å². The van der Waals surface area contributed by atoms with Gasteiger partial charge in [-0.2, -0.15) is 0 Å². The van der Waals surface area contributed by atoms with Crippen LogP contribution < -0.4 is 0 Å². The minimum absolute atomic E-state index is 0. The third-order valence-electron chi connectivity index (χ3n) is 2.33. The maximum absolute atomic E-state index is 4.52. The Kier molecular flexibility index (Phi) is 4.09. The van der Waals surface area contributed by atoms with Crippen LogP contribution in [0.25, 0.3) is 0 Å². The van der Waals surface area contributed by atoms with Gasteiger partial charge in [0.15, 0.2) is 0 Å². The van der Waals surface area contributed by atoms with Gasteiger partial charge in [0.2, 0.25) is 0 Å². The van der Waals surface area contributed by atoms with E-state index in [1.165, 1.54) is 11.3 Å². The van der Waals surface area contributed by atoms with Crippen molar-refractivity contribution in [3.63, 3.8) is 0 Å². The largest absolute Gasteiger partial charge is 0.260 e. The molecular weight excluding hydrogens is 182 g/mol. The van der Waals surface area contributed by atoms with Crippen molar-refractivity contribution >= 4 is 0 Å². The Morgan fingerprint density at radius 3 is 1.80 bits per heavy atom. The lowest BCUT2D eigenvalue weighted by atomic mass is 9.78. The lowest BCUT2D eigenvalue weighted by molar-refractivity contribution is 0.514. The minimum Gasteiger partial charge on any atom is -0.260 e. The molecule has 0 atom stereocenters. The van der Waals surface area contributed by atoms with E-state index in [1.807, 2.05) is 12.3 Å². The van der Waals surface area contributed by atoms with Crippen molar-refractivity contribution < 1.29 is 0 Å². The molecule has 15 heavy (non-hydrogen) atoms. The van der Waals surface area contributed by atoms with Gasteiger partial charge in [-0.25, -0.2) is 0 Å². The molecule has 0 saturated heterocycles. The highest BCUT2D eigenvalue weighted by molar-refractivity contribution is 5.31. The van der Waals surface area contributed by atoms with Crippen LogP contribution in [0.5, 0.6) is 0 Å². The predicted octanol–water partition coefficient (Wildman–Crippen LogP) is 4.31. The van der Waals surface area contributed by atoms with E-state index >= 15 is 0 Å². The summed E-state index contributed by atoms with van der Waals surface area (Å²) in [6.07, 6.45) is 1.88. The van der Waals surface area contributed by atoms with Crippen LogP contribution in [-0.2, 0) is 10.8 Å². The molecular formula is C14H25N. The zero-order valence-electron chi connectivity index (χ0n) is 10.2. The second-order valence-electron chi connectivity index (χ2n) is 5.90. The van der Waals surface area contributed by atoms with Crippen molar-refractivity contribution in [2.24, 2.45) is 0 Å². The van der Waals surface area contributed by atoms with E-state index in [9.17, 15) is 0 Å². The summed E-state index contributed by atoms with van der Waals surface area (Å²) < 4.78 is 0. The normalized spacial score (nSPS) is 12.1. The second-order valence-corrected chi connectivity index (χ2v) is 5.90. The van der Waals surface area contributed by atoms with Gasteiger partial charge in [-0.3, -0.25) is 4.98 Å². The van der Waals surface area contributed by atoms with Crippen molar-refractivity contribution in [2.75, 3.05) is 0 Å². The molecule has 0 aliphatic carbocycles. The number of hydrogen-bond acceptors (Lipinski definition) is 1. The van der Waals surface area contributed by atoms with Crippen molar-refractivity contribution in [1.82, 2.24) is 4.98 Å². The zero-order chi connectivity index (χ0) is 11.0. The third-order valence-corrected chi connectivity index (χ3v) is 2.33. The molecule has 0 N–H and O–H groups in total. The van der Waals surface area contributed by atoms with E-state index < -0.39 is 0 Å². The Bertz CT molecular complexity index is 280. The first-order chi connectivity index (χ1) is 6.23. The fraction of sp³-hybridized carbons (Fsp3) is 0.643. The van der Waals surface area contributed by atoms with E-state index in [0.717, 1.165) is 0 Å². The van der Waals surface area contributed by atoms with Crippen LogP contribution in [0.4, 0.5) is 0 Å². The van der Waals surface area contributed by atoms with Gasteiger partial charge in [0, 0.05) is 17.3 Å². The second kappa shape index (κ2) is 4.34. The van der Waals surface area contributed by atoms with Gasteiger partial charge in [0.1, 0.15) is 0 Å². The Balaban J connectivity index is 0.00000196. The lowest BCUT2D eigenvalue weighted by Gasteiger charge is -2.28. The van der Waals surface area contributed by atoms with Crippen molar-refractivity contribution in [3.8, 4) is 0 Å². The SMILES string of the molecule is C.CC(C)(C)c1cccnc1C(C)(C)C. The zero-order valence-corrected chi connectivity index (χ0v) is 10.2. The molecule has 0 spiro atoms. The van der Waals surface area contributed by atoms with E-state index in [0.29, 0.717) is 0 Å². The van der Waals surface area contributed by atoms with Crippen molar-refractivity contribution in [1.29, 1.82) is 0 Å². The number of nitrogens with zero attached hydrogens (tertiary/aromatic N) is 1. The summed E-state index contributed by atoms with van der Waals surface area (Å²) in [5.41, 5.74) is 2.88. The van der Waals surface area contributed by atoms with Crippen LogP contribution in [0, 0.1) is 0 Å². The van der Waals surface area contributed by atoms with Crippen molar-refractivity contribution in [2.45, 2.75) is 59.8 Å². The molecule has 0 radical (unpaired) electrons. The summed E-state index contributed by atoms with van der Waals surface area (Å²) in [6, 6.07) is 4.21. The molecule has 1 rings (SSSR count). The minimum atomic E-state index is 0. The highest BCUT2D eigenvalue weighted by Gasteiger charge is 2.25. The van der Waals surface area contributed by atoms with E-state index in [4.69, 9.17) is 0 Å². The maximum Gasteiger partial charge on any atom is 0.0494 e. The monoisotopic (exact) mass is 207 g/mol. The maximum atomic E-state index is 4.52. The molecule has 1 heteroatoms. The first kappa shape index (κ1) is 14.2. The Hall–Kier alpha value is -0.850. The molecule has 1 aromatic heterocycles. The summed E-state index contributed by atoms with van der Waals surface area (Å²) in [6.45, 7) is 13.3. The molecule has 0 aliphatic rings. The van der Waals surface area contributed by atoms with Crippen LogP contribution in [-0.4, -0.2) is 4.98 Å². The molecule has 1 nitrogen and oxygen atoms in total. The van der Waals surface area contributed by atoms with Gasteiger partial charge in [-0.1, -0.05) is 55.0 Å². The van der Waals surface area contributed by atoms with Gasteiger partial charge in [0.05, 0.1) is 0 Å². The summed E-state index contributed by atoms with van der Waals surface area (Å²) >= 11 is 0. The average molecular weight is 207 g/mol. The summed E-state index contributed by atoms with van der Waals surface area (Å²) in [5, 5.41) is 0. The predicted molar refractivity (Wildman–Crippen MR) is 68.4 cm³/mol. The molecule has 0 fully saturated rings. The lowest BCUT2D eigenvalue weighted by Crippen LogP contribution is -2.23. The standard InChI is InChI=1S/C13H21N.CH4/c1-12(2,3)10-8-7-9-14-11(10)13(4,5)6;/h7-9H,1-6H3;1H4. The van der Waals surface area contributed by atoms with Gasteiger partial charge in [-0.15, -0.1) is 0 Å². The number of pyridine rings is 1. The molecule has 86 valence electrons. The molecule has 0 unspecified atom stereocenters. The van der Waals surface area contributed by atoms with Crippen LogP contribution in [0.2, 0.25) is 0 Å². The molecule has 0 saturated carbocycles. The Labute approximate surface area is 94.9 Å². The van der Waals surface area contributed by atoms with Gasteiger partial charge < -0.3 is 0 Å². The summed E-state index contributed by atoms with van der Waals surface area (Å²) in [7, 11) is 0. The van der Waals surface area contributed by atoms with Crippen LogP contribution in [0.15, 0.2) is 18.3 Å². The van der Waals surface area contributed by atoms with Gasteiger partial charge in [0.25, 0.3) is 0 Å². The van der Waals surface area contributed by atoms with Crippen LogP contribution >= 0.6 is 0 Å². The quantitative estimate of drug-likeness (QED) is 0.617. The molecule has 0 aromatic carbocycles. The summed E-state index contributed by atoms with van der Waals surface area (Å²) in [5.74, 6) is 0. The smallest absolute Gasteiger partial charge is 0.0494 e. The molecule has 1 aromatic rings. The van der Waals surface area contributed by atoms with Crippen molar-refractivity contribution in [3.05, 3.63) is 29.6 Å². The topological polar surface area (TPSA) is 12.9 Å². The Morgan fingerprint density at radius 1 is 0.933 bits per heavy atom. The first-order valence-electron chi connectivity index (χ1n) is 5.19. The van der Waals surface area contributed by atoms with Gasteiger partial charge >= 0.3 is 0 Å². The highest BCUT2D eigenvalue weighted by Crippen LogP contribution is 2.31. The average Bonchev–Trinajstić information content (AvgIpc) is 2.01. The third kappa shape index (κ3) is 3.33. The fourth-order valence-corrected chi connectivity index (χ4v) is 1.61. The molecule has 0 aliphatic heterocycles. The number of hydrogen-bond donors (Lipinski definition) is 0. The number of rotatable bonds is 0. The highest BCUT2D eigenvalue weighted by atomic mass is 14.7.